The number of hydrogen-bond donors (Lipinski definition) is 3. The largest absolute Gasteiger partial charge is 0.378 e. The van der Waals surface area contributed by atoms with Crippen LogP contribution in [-0.2, 0) is 4.74 Å². The van der Waals surface area contributed by atoms with Gasteiger partial charge in [0.1, 0.15) is 5.39 Å². The SMILES string of the molecule is N=NNc1n[nH]c2c(-c3ccc(N4CCOCC4)cn3)cn(-c3ccccc3Cl)c(=O)c12. The van der Waals surface area contributed by atoms with Crippen molar-refractivity contribution in [1.29, 1.82) is 5.53 Å². The molecule has 4 heterocycles. The highest BCUT2D eigenvalue weighted by Gasteiger charge is 2.20. The van der Waals surface area contributed by atoms with E-state index in [0.717, 1.165) is 18.8 Å². The first-order valence-electron chi connectivity index (χ1n) is 9.97. The number of nitrogens with one attached hydrogen (secondary N) is 3. The van der Waals surface area contributed by atoms with Crippen LogP contribution in [0.1, 0.15) is 0 Å². The van der Waals surface area contributed by atoms with Crippen molar-refractivity contribution in [3.63, 3.8) is 0 Å². The summed E-state index contributed by atoms with van der Waals surface area (Å²) in [6.45, 7) is 3.01. The van der Waals surface area contributed by atoms with Crippen molar-refractivity contribution in [1.82, 2.24) is 19.7 Å². The average Bonchev–Trinajstić information content (AvgIpc) is 3.25. The molecule has 1 saturated heterocycles. The summed E-state index contributed by atoms with van der Waals surface area (Å²) in [7, 11) is 0. The smallest absolute Gasteiger partial charge is 0.268 e. The third-order valence-corrected chi connectivity index (χ3v) is 5.72. The van der Waals surface area contributed by atoms with Crippen molar-refractivity contribution in [3.8, 4) is 16.9 Å². The quantitative estimate of drug-likeness (QED) is 0.315. The maximum Gasteiger partial charge on any atom is 0.268 e. The van der Waals surface area contributed by atoms with Gasteiger partial charge in [0.05, 0.1) is 47.0 Å². The third-order valence-electron chi connectivity index (χ3n) is 5.40. The number of hydrogen-bond acceptors (Lipinski definition) is 7. The van der Waals surface area contributed by atoms with Gasteiger partial charge in [0, 0.05) is 24.8 Å². The number of anilines is 2. The standard InChI is InChI=1S/C21H19ClN8O2/c22-15-3-1-2-4-17(15)30-12-14(19-18(21(30)31)20(26-25-19)27-28-23)16-6-5-13(11-24-16)29-7-9-32-10-8-29/h1-6,11-12H,7-10H2,(H3,23,25,26,27). The molecule has 0 unspecified atom stereocenters. The Morgan fingerprint density at radius 3 is 2.72 bits per heavy atom. The second-order valence-corrected chi connectivity index (χ2v) is 7.62. The minimum atomic E-state index is -0.346. The molecule has 0 spiro atoms. The lowest BCUT2D eigenvalue weighted by Crippen LogP contribution is -2.36. The lowest BCUT2D eigenvalue weighted by molar-refractivity contribution is 0.122. The lowest BCUT2D eigenvalue weighted by Gasteiger charge is -2.28. The Kier molecular flexibility index (Phi) is 5.29. The van der Waals surface area contributed by atoms with E-state index in [0.29, 0.717) is 40.7 Å². The second-order valence-electron chi connectivity index (χ2n) is 7.22. The number of fused-ring (bicyclic) bond motifs is 1. The molecular formula is C21H19ClN8O2. The van der Waals surface area contributed by atoms with Crippen molar-refractivity contribution in [2.75, 3.05) is 36.6 Å². The molecule has 0 bridgehead atoms. The van der Waals surface area contributed by atoms with Crippen LogP contribution in [0.4, 0.5) is 11.5 Å². The van der Waals surface area contributed by atoms with Gasteiger partial charge in [-0.3, -0.25) is 19.4 Å². The fourth-order valence-electron chi connectivity index (χ4n) is 3.83. The highest BCUT2D eigenvalue weighted by atomic mass is 35.5. The van der Waals surface area contributed by atoms with E-state index in [1.807, 2.05) is 18.3 Å². The first-order chi connectivity index (χ1) is 15.7. The summed E-state index contributed by atoms with van der Waals surface area (Å²) in [4.78, 5) is 20.2. The minimum absolute atomic E-state index is 0.160. The van der Waals surface area contributed by atoms with Crippen LogP contribution < -0.4 is 15.9 Å². The van der Waals surface area contributed by atoms with Gasteiger partial charge in [-0.15, -0.1) is 0 Å². The van der Waals surface area contributed by atoms with Gasteiger partial charge in [-0.25, -0.2) is 5.43 Å². The number of aromatic nitrogens is 4. The van der Waals surface area contributed by atoms with Crippen molar-refractivity contribution in [3.05, 3.63) is 64.2 Å². The molecule has 32 heavy (non-hydrogen) atoms. The molecule has 11 heteroatoms. The van der Waals surface area contributed by atoms with Crippen molar-refractivity contribution >= 4 is 34.0 Å². The van der Waals surface area contributed by atoms with Crippen LogP contribution >= 0.6 is 11.6 Å². The van der Waals surface area contributed by atoms with E-state index in [2.05, 4.69) is 30.7 Å². The van der Waals surface area contributed by atoms with Gasteiger partial charge in [-0.1, -0.05) is 29.0 Å². The van der Waals surface area contributed by atoms with Crippen molar-refractivity contribution < 1.29 is 4.74 Å². The third kappa shape index (κ3) is 3.49. The molecule has 1 aliphatic rings. The summed E-state index contributed by atoms with van der Waals surface area (Å²) in [6.07, 6.45) is 3.51. The van der Waals surface area contributed by atoms with Crippen LogP contribution in [0.25, 0.3) is 27.8 Å². The number of nitrogens with zero attached hydrogens (tertiary/aromatic N) is 5. The molecule has 0 radical (unpaired) electrons. The highest BCUT2D eigenvalue weighted by Crippen LogP contribution is 2.30. The Balaban J connectivity index is 1.68. The highest BCUT2D eigenvalue weighted by molar-refractivity contribution is 6.32. The number of aromatic amines is 1. The molecule has 3 aromatic heterocycles. The summed E-state index contributed by atoms with van der Waals surface area (Å²) in [5, 5.41) is 10.9. The van der Waals surface area contributed by atoms with Gasteiger partial charge in [0.2, 0.25) is 0 Å². The maximum absolute atomic E-state index is 13.3. The average molecular weight is 451 g/mol. The summed E-state index contributed by atoms with van der Waals surface area (Å²) in [5.41, 5.74) is 12.6. The summed E-state index contributed by atoms with van der Waals surface area (Å²) in [5.74, 6) is 0.160. The predicted octanol–water partition coefficient (Wildman–Crippen LogP) is 3.62. The number of ether oxygens (including phenoxy) is 1. The monoisotopic (exact) mass is 450 g/mol. The molecule has 10 nitrogen and oxygen atoms in total. The van der Waals surface area contributed by atoms with E-state index >= 15 is 0 Å². The van der Waals surface area contributed by atoms with Gasteiger partial charge in [0.15, 0.2) is 5.82 Å². The van der Waals surface area contributed by atoms with E-state index in [-0.39, 0.29) is 16.8 Å². The summed E-state index contributed by atoms with van der Waals surface area (Å²) < 4.78 is 6.88. The molecule has 1 fully saturated rings. The van der Waals surface area contributed by atoms with E-state index < -0.39 is 0 Å². The summed E-state index contributed by atoms with van der Waals surface area (Å²) >= 11 is 6.38. The number of morpholine rings is 1. The van der Waals surface area contributed by atoms with Gasteiger partial charge in [-0.05, 0) is 24.3 Å². The van der Waals surface area contributed by atoms with Crippen LogP contribution in [0.3, 0.4) is 0 Å². The minimum Gasteiger partial charge on any atom is -0.378 e. The number of benzene rings is 1. The van der Waals surface area contributed by atoms with Gasteiger partial charge >= 0.3 is 0 Å². The molecule has 162 valence electrons. The number of pyridine rings is 2. The Morgan fingerprint density at radius 2 is 2.00 bits per heavy atom. The molecule has 1 aliphatic heterocycles. The zero-order valence-electron chi connectivity index (χ0n) is 16.9. The Bertz CT molecular complexity index is 1340. The topological polar surface area (TPSA) is 124 Å². The Morgan fingerprint density at radius 1 is 1.19 bits per heavy atom. The zero-order chi connectivity index (χ0) is 22.1. The van der Waals surface area contributed by atoms with Crippen molar-refractivity contribution in [2.45, 2.75) is 0 Å². The first kappa shape index (κ1) is 20.2. The molecule has 1 aromatic carbocycles. The Hall–Kier alpha value is -3.76. The fourth-order valence-corrected chi connectivity index (χ4v) is 4.05. The molecule has 0 atom stereocenters. The molecule has 5 rings (SSSR count). The molecular weight excluding hydrogens is 432 g/mol. The first-order valence-corrected chi connectivity index (χ1v) is 10.4. The molecule has 0 saturated carbocycles. The molecule has 0 amide bonds. The lowest BCUT2D eigenvalue weighted by atomic mass is 10.1. The van der Waals surface area contributed by atoms with Crippen LogP contribution in [0, 0.1) is 5.53 Å². The van der Waals surface area contributed by atoms with Gasteiger partial charge in [-0.2, -0.15) is 10.6 Å². The van der Waals surface area contributed by atoms with E-state index in [1.165, 1.54) is 4.57 Å². The van der Waals surface area contributed by atoms with Crippen LogP contribution in [0.15, 0.2) is 58.8 Å². The number of rotatable bonds is 5. The molecule has 3 N–H and O–H groups in total. The van der Waals surface area contributed by atoms with Crippen LogP contribution in [0.5, 0.6) is 0 Å². The molecule has 4 aromatic rings. The maximum atomic E-state index is 13.3. The normalized spacial score (nSPS) is 14.0. The number of H-pyrrole nitrogens is 1. The van der Waals surface area contributed by atoms with E-state index in [4.69, 9.17) is 21.9 Å². The molecule has 0 aliphatic carbocycles. The van der Waals surface area contributed by atoms with Crippen molar-refractivity contribution in [2.24, 2.45) is 5.22 Å². The Labute approximate surface area is 187 Å². The zero-order valence-corrected chi connectivity index (χ0v) is 17.6. The fraction of sp³-hybridized carbons (Fsp3) is 0.190. The van der Waals surface area contributed by atoms with Gasteiger partial charge in [0.25, 0.3) is 5.56 Å². The van der Waals surface area contributed by atoms with Crippen LogP contribution in [0.2, 0.25) is 5.02 Å². The van der Waals surface area contributed by atoms with Gasteiger partial charge < -0.3 is 9.64 Å². The van der Waals surface area contributed by atoms with E-state index in [1.54, 1.807) is 30.5 Å². The number of para-hydroxylation sites is 1. The van der Waals surface area contributed by atoms with Crippen LogP contribution in [-0.4, -0.2) is 46.1 Å². The number of halogens is 1. The van der Waals surface area contributed by atoms with E-state index in [9.17, 15) is 4.79 Å². The predicted molar refractivity (Wildman–Crippen MR) is 122 cm³/mol. The summed E-state index contributed by atoms with van der Waals surface area (Å²) in [6, 6.07) is 11.0. The second kappa shape index (κ2) is 8.40.